The van der Waals surface area contributed by atoms with Crippen LogP contribution in [0.25, 0.3) is 28.1 Å². The van der Waals surface area contributed by atoms with E-state index in [1.165, 1.54) is 9.80 Å². The minimum Gasteiger partial charge on any atom is -0.496 e. The van der Waals surface area contributed by atoms with Gasteiger partial charge >= 0.3 is 17.9 Å². The molecule has 2 aliphatic rings. The fourth-order valence-corrected chi connectivity index (χ4v) is 10.6. The Balaban J connectivity index is 0.862. The van der Waals surface area contributed by atoms with Gasteiger partial charge in [-0.25, -0.2) is 4.68 Å². The number of methoxy groups -OCH3 is 1. The lowest BCUT2D eigenvalue weighted by atomic mass is 9.95. The van der Waals surface area contributed by atoms with E-state index in [0.717, 1.165) is 11.1 Å². The van der Waals surface area contributed by atoms with Crippen LogP contribution >= 0.6 is 23.2 Å². The molecule has 3 amide bonds. The molecule has 1 saturated heterocycles. The van der Waals surface area contributed by atoms with E-state index in [1.54, 1.807) is 34.9 Å². The van der Waals surface area contributed by atoms with Crippen LogP contribution in [0.15, 0.2) is 54.6 Å². The van der Waals surface area contributed by atoms with Gasteiger partial charge in [-0.2, -0.15) is 13.5 Å². The van der Waals surface area contributed by atoms with E-state index in [-0.39, 0.29) is 123 Å². The maximum absolute atomic E-state index is 14.4. The molecule has 29 nitrogen and oxygen atoms in total. The number of aromatic nitrogens is 2. The average Bonchev–Trinajstić information content (AvgIpc) is 1.72. The smallest absolute Gasteiger partial charge is 0.317 e. The molecule has 89 heavy (non-hydrogen) atoms. The third-order valence-corrected chi connectivity index (χ3v) is 14.8. The zero-order chi connectivity index (χ0) is 64.5. The molecule has 1 atom stereocenters. The van der Waals surface area contributed by atoms with Crippen LogP contribution in [-0.4, -0.2) is 264 Å². The van der Waals surface area contributed by atoms with E-state index < -0.39 is 70.3 Å². The van der Waals surface area contributed by atoms with Crippen molar-refractivity contribution >= 4 is 68.9 Å². The maximum Gasteiger partial charge on any atom is 0.317 e. The van der Waals surface area contributed by atoms with E-state index in [1.807, 2.05) is 50.2 Å². The van der Waals surface area contributed by atoms with Crippen molar-refractivity contribution in [2.24, 2.45) is 0 Å². The first-order valence-corrected chi connectivity index (χ1v) is 30.8. The Morgan fingerprint density at radius 1 is 0.753 bits per heavy atom. The van der Waals surface area contributed by atoms with Crippen LogP contribution < -0.4 is 35.5 Å². The number of aliphatic carboxylic acids is 3. The molecule has 6 rings (SSSR count). The second-order valence-corrected chi connectivity index (χ2v) is 23.3. The highest BCUT2D eigenvalue weighted by Crippen LogP contribution is 2.47. The first kappa shape index (κ1) is 71.3. The summed E-state index contributed by atoms with van der Waals surface area (Å²) in [6.07, 6.45) is 0. The zero-order valence-corrected chi connectivity index (χ0v) is 52.0. The SMILES string of the molecule is COc1cc2c(cc1-c1cccc(OCCOCCOCCOCCOCCNC(=O)[C@H](CS(=O)(=O)O)NC(=O)CNCCN(CCN(CCNCC(=O)O)CC(=O)O)CC(=O)O)c1)-c1c(c(C(=O)N3CCOCC3(C)C)nn1-c1cc(Cl)cc(Cl)c1)CO2. The Bertz CT molecular complexity index is 3140. The first-order valence-electron chi connectivity index (χ1n) is 28.4. The fourth-order valence-electron chi connectivity index (χ4n) is 9.48. The lowest BCUT2D eigenvalue weighted by Crippen LogP contribution is -2.55. The minimum atomic E-state index is -4.71. The fraction of sp³-hybridized carbons (Fsp3) is 0.526. The molecule has 3 aromatic carbocycles. The van der Waals surface area contributed by atoms with Crippen molar-refractivity contribution in [1.29, 1.82) is 0 Å². The molecule has 0 radical (unpaired) electrons. The summed E-state index contributed by atoms with van der Waals surface area (Å²) in [7, 11) is -3.14. The summed E-state index contributed by atoms with van der Waals surface area (Å²) in [5.74, 6) is -4.76. The van der Waals surface area contributed by atoms with Crippen LogP contribution in [-0.2, 0) is 64.4 Å². The van der Waals surface area contributed by atoms with Gasteiger partial charge in [0.15, 0.2) is 5.69 Å². The van der Waals surface area contributed by atoms with Gasteiger partial charge < -0.3 is 79.4 Å². The second-order valence-electron chi connectivity index (χ2n) is 20.9. The van der Waals surface area contributed by atoms with Crippen molar-refractivity contribution in [1.82, 2.24) is 45.7 Å². The molecule has 3 heterocycles. The Labute approximate surface area is 524 Å². The number of rotatable bonds is 41. The standard InChI is InChI=1S/C57H77Cl2N9O20S/c1-57(2)37-86-16-14-67(57)56(77)53-45-35-88-48-30-47(81-3)43(29-44(48)54(45)68(64-53)41-27-39(58)26-40(59)28-41)38-5-4-6-42(25-38)87-24-23-85-22-21-84-20-19-83-18-17-82-15-9-62-55(76)46(36-89(78,79)80)63-49(69)31-60-7-10-65(33-51(72)73)12-13-66(34-52(74)75)11-8-61-32-50(70)71/h4-6,25-30,46,60-61H,7-24,31-37H2,1-3H3,(H,62,76)(H,63,69)(H,70,71)(H,72,73)(H,74,75)(H,78,79,80)/t46-/m0/s1. The van der Waals surface area contributed by atoms with Crippen molar-refractivity contribution in [2.45, 2.75) is 32.0 Å². The van der Waals surface area contributed by atoms with E-state index >= 15 is 0 Å². The molecule has 0 spiro atoms. The van der Waals surface area contributed by atoms with Gasteiger partial charge in [-0.05, 0) is 55.8 Å². The monoisotopic (exact) mass is 1310 g/mol. The molecule has 8 N–H and O–H groups in total. The van der Waals surface area contributed by atoms with Crippen LogP contribution in [0.4, 0.5) is 0 Å². The number of hydrogen-bond acceptors (Lipinski definition) is 21. The quantitative estimate of drug-likeness (QED) is 0.0231. The summed E-state index contributed by atoms with van der Waals surface area (Å²) >= 11 is 13.0. The lowest BCUT2D eigenvalue weighted by Gasteiger charge is -2.41. The predicted molar refractivity (Wildman–Crippen MR) is 323 cm³/mol. The number of benzene rings is 3. The van der Waals surface area contributed by atoms with Gasteiger partial charge in [-0.15, -0.1) is 0 Å². The van der Waals surface area contributed by atoms with Crippen LogP contribution in [0.5, 0.6) is 17.2 Å². The second kappa shape index (κ2) is 35.6. The summed E-state index contributed by atoms with van der Waals surface area (Å²) in [6, 6.07) is 14.7. The number of nitrogens with zero attached hydrogens (tertiary/aromatic N) is 5. The number of amides is 3. The number of halogens is 2. The van der Waals surface area contributed by atoms with Crippen LogP contribution in [0.3, 0.4) is 0 Å². The summed E-state index contributed by atoms with van der Waals surface area (Å²) in [4.78, 5) is 78.2. The van der Waals surface area contributed by atoms with Gasteiger partial charge in [0.2, 0.25) is 11.8 Å². The van der Waals surface area contributed by atoms with Gasteiger partial charge in [0, 0.05) is 85.2 Å². The molecule has 1 fully saturated rings. The molecule has 4 aromatic rings. The van der Waals surface area contributed by atoms with Crippen molar-refractivity contribution in [3.8, 4) is 45.3 Å². The Hall–Kier alpha value is -6.78. The summed E-state index contributed by atoms with van der Waals surface area (Å²) in [5.41, 5.74) is 3.69. The highest BCUT2D eigenvalue weighted by Gasteiger charge is 2.39. The largest absolute Gasteiger partial charge is 0.496 e. The normalized spacial score (nSPS) is 14.0. The molecule has 0 bridgehead atoms. The molecule has 2 aliphatic heterocycles. The first-order chi connectivity index (χ1) is 42.5. The highest BCUT2D eigenvalue weighted by molar-refractivity contribution is 7.85. The van der Waals surface area contributed by atoms with Crippen LogP contribution in [0.2, 0.25) is 10.0 Å². The lowest BCUT2D eigenvalue weighted by molar-refractivity contribution is -0.140. The minimum absolute atomic E-state index is 0.00624. The van der Waals surface area contributed by atoms with Gasteiger partial charge in [-0.1, -0.05) is 35.3 Å². The van der Waals surface area contributed by atoms with Crippen molar-refractivity contribution in [3.05, 3.63) is 75.9 Å². The maximum atomic E-state index is 14.4. The van der Waals surface area contributed by atoms with Crippen LogP contribution in [0, 0.1) is 0 Å². The van der Waals surface area contributed by atoms with E-state index in [2.05, 4.69) is 21.3 Å². The number of carboxylic acid groups (broad SMARTS) is 3. The van der Waals surface area contributed by atoms with Gasteiger partial charge in [0.05, 0.1) is 116 Å². The van der Waals surface area contributed by atoms with Gasteiger partial charge in [-0.3, -0.25) is 43.1 Å². The highest BCUT2D eigenvalue weighted by atomic mass is 35.5. The number of morpholine rings is 1. The van der Waals surface area contributed by atoms with Gasteiger partial charge in [0.25, 0.3) is 16.0 Å². The summed E-state index contributed by atoms with van der Waals surface area (Å²) in [5, 5.41) is 43.3. The summed E-state index contributed by atoms with van der Waals surface area (Å²) in [6.45, 7) is 6.37. The molecular formula is C57H77Cl2N9O20S. The third kappa shape index (κ3) is 23.5. The number of carbonyl (C=O) groups is 6. The Morgan fingerprint density at radius 3 is 1.94 bits per heavy atom. The van der Waals surface area contributed by atoms with Crippen molar-refractivity contribution in [2.75, 3.05) is 164 Å². The van der Waals surface area contributed by atoms with E-state index in [0.29, 0.717) is 82.8 Å². The van der Waals surface area contributed by atoms with Crippen molar-refractivity contribution in [3.63, 3.8) is 0 Å². The number of nitrogens with one attached hydrogen (secondary N) is 4. The Morgan fingerprint density at radius 2 is 1.36 bits per heavy atom. The van der Waals surface area contributed by atoms with Gasteiger partial charge in [0.1, 0.15) is 42.3 Å². The molecule has 0 saturated carbocycles. The molecular weight excluding hydrogens is 1230 g/mol. The molecule has 32 heteroatoms. The predicted octanol–water partition coefficient (Wildman–Crippen LogP) is 1.64. The summed E-state index contributed by atoms with van der Waals surface area (Å²) < 4.78 is 80.8. The topological polar surface area (TPSA) is 367 Å². The number of hydrogen-bond donors (Lipinski definition) is 8. The third-order valence-electron chi connectivity index (χ3n) is 13.7. The number of carboxylic acids is 3. The molecule has 490 valence electrons. The number of ether oxygens (including phenoxy) is 8. The number of carbonyl (C=O) groups excluding carboxylic acids is 3. The number of fused-ring (bicyclic) bond motifs is 3. The molecule has 1 aromatic heterocycles. The zero-order valence-electron chi connectivity index (χ0n) is 49.7. The molecule has 0 unspecified atom stereocenters. The average molecular weight is 1310 g/mol. The van der Waals surface area contributed by atoms with Crippen LogP contribution in [0.1, 0.15) is 29.9 Å². The molecule has 0 aliphatic carbocycles. The Kier molecular flexibility index (Phi) is 28.5. The van der Waals surface area contributed by atoms with Crippen molar-refractivity contribution < 1.29 is 95.0 Å². The van der Waals surface area contributed by atoms with E-state index in [4.69, 9.17) is 71.3 Å². The van der Waals surface area contributed by atoms with E-state index in [9.17, 15) is 52.0 Å².